The van der Waals surface area contributed by atoms with E-state index in [-0.39, 0.29) is 6.29 Å². The summed E-state index contributed by atoms with van der Waals surface area (Å²) in [6, 6.07) is 1.34. The number of non-ortho nitro benzene ring substituents is 1. The predicted octanol–water partition coefficient (Wildman–Crippen LogP) is 1.25. The minimum Gasteiger partial charge on any atom is -0.504 e. The van der Waals surface area contributed by atoms with E-state index in [0.717, 1.165) is 6.07 Å². The number of aldehydes is 1. The van der Waals surface area contributed by atoms with Gasteiger partial charge in [-0.2, -0.15) is 0 Å². The number of phenolic OH excluding ortho intramolecular Hbond substituents is 1. The Kier molecular flexibility index (Phi) is 2.23. The number of nitro groups is 1. The fourth-order valence-corrected chi connectivity index (χ4v) is 0.801. The van der Waals surface area contributed by atoms with Crippen LogP contribution in [0.2, 0.25) is 0 Å². The first-order valence-electron chi connectivity index (χ1n) is 3.18. The lowest BCUT2D eigenvalue weighted by Gasteiger charge is -1.98. The van der Waals surface area contributed by atoms with Crippen LogP contribution < -0.4 is 0 Å². The zero-order valence-electron chi connectivity index (χ0n) is 6.23. The summed E-state index contributed by atoms with van der Waals surface area (Å²) < 4.78 is 12.7. The van der Waals surface area contributed by atoms with Gasteiger partial charge in [0.15, 0.2) is 17.9 Å². The maximum atomic E-state index is 12.7. The van der Waals surface area contributed by atoms with Gasteiger partial charge in [-0.25, -0.2) is 4.39 Å². The van der Waals surface area contributed by atoms with Crippen LogP contribution in [0, 0.1) is 15.9 Å². The number of aromatic hydroxyl groups is 1. The maximum Gasteiger partial charge on any atom is 0.273 e. The smallest absolute Gasteiger partial charge is 0.273 e. The van der Waals surface area contributed by atoms with E-state index >= 15 is 0 Å². The molecule has 0 fully saturated rings. The number of carbonyl (C=O) groups excluding carboxylic acids is 1. The Balaban J connectivity index is 3.38. The first-order chi connectivity index (χ1) is 6.06. The van der Waals surface area contributed by atoms with Gasteiger partial charge in [-0.1, -0.05) is 0 Å². The Morgan fingerprint density at radius 3 is 2.62 bits per heavy atom. The molecule has 5 nitrogen and oxygen atoms in total. The van der Waals surface area contributed by atoms with Crippen molar-refractivity contribution in [1.82, 2.24) is 0 Å². The van der Waals surface area contributed by atoms with Crippen LogP contribution in [0.15, 0.2) is 12.1 Å². The van der Waals surface area contributed by atoms with Crippen molar-refractivity contribution in [2.24, 2.45) is 0 Å². The van der Waals surface area contributed by atoms with Crippen molar-refractivity contribution in [3.8, 4) is 5.75 Å². The third-order valence-corrected chi connectivity index (χ3v) is 1.42. The highest BCUT2D eigenvalue weighted by Gasteiger charge is 2.15. The van der Waals surface area contributed by atoms with Crippen LogP contribution in [0.1, 0.15) is 10.4 Å². The van der Waals surface area contributed by atoms with Crippen molar-refractivity contribution in [3.63, 3.8) is 0 Å². The molecule has 0 bridgehead atoms. The second-order valence-electron chi connectivity index (χ2n) is 2.24. The summed E-state index contributed by atoms with van der Waals surface area (Å²) in [6.45, 7) is 0. The average molecular weight is 185 g/mol. The largest absolute Gasteiger partial charge is 0.504 e. The number of benzene rings is 1. The summed E-state index contributed by atoms with van der Waals surface area (Å²) in [5.41, 5.74) is -1.01. The highest BCUT2D eigenvalue weighted by Crippen LogP contribution is 2.25. The molecule has 0 spiro atoms. The van der Waals surface area contributed by atoms with Crippen molar-refractivity contribution in [1.29, 1.82) is 0 Å². The van der Waals surface area contributed by atoms with Crippen LogP contribution in [0.5, 0.6) is 5.75 Å². The molecule has 1 N–H and O–H groups in total. The molecule has 68 valence electrons. The lowest BCUT2D eigenvalue weighted by molar-refractivity contribution is -0.385. The van der Waals surface area contributed by atoms with Crippen molar-refractivity contribution in [2.45, 2.75) is 0 Å². The van der Waals surface area contributed by atoms with E-state index in [4.69, 9.17) is 5.11 Å². The van der Waals surface area contributed by atoms with Crippen LogP contribution in [0.3, 0.4) is 0 Å². The van der Waals surface area contributed by atoms with E-state index in [2.05, 4.69) is 0 Å². The van der Waals surface area contributed by atoms with Gasteiger partial charge in [-0.15, -0.1) is 0 Å². The van der Waals surface area contributed by atoms with E-state index in [9.17, 15) is 19.3 Å². The van der Waals surface area contributed by atoms with Crippen LogP contribution in [0.25, 0.3) is 0 Å². The van der Waals surface area contributed by atoms with Crippen LogP contribution in [-0.4, -0.2) is 16.3 Å². The van der Waals surface area contributed by atoms with Gasteiger partial charge in [0.25, 0.3) is 5.69 Å². The molecule has 0 atom stereocenters. The zero-order valence-corrected chi connectivity index (χ0v) is 6.23. The number of hydrogen-bond donors (Lipinski definition) is 1. The number of nitro benzene ring substituents is 1. The van der Waals surface area contributed by atoms with E-state index in [1.807, 2.05) is 0 Å². The minimum absolute atomic E-state index is 0.144. The molecule has 0 heterocycles. The van der Waals surface area contributed by atoms with Crippen LogP contribution in [0.4, 0.5) is 10.1 Å². The molecule has 1 rings (SSSR count). The first-order valence-corrected chi connectivity index (χ1v) is 3.18. The lowest BCUT2D eigenvalue weighted by Crippen LogP contribution is -1.93. The van der Waals surface area contributed by atoms with Gasteiger partial charge in [-0.3, -0.25) is 14.9 Å². The molecule has 0 aromatic heterocycles. The molecule has 0 saturated carbocycles. The third kappa shape index (κ3) is 1.61. The average Bonchev–Trinajstić information content (AvgIpc) is 2.09. The highest BCUT2D eigenvalue weighted by atomic mass is 19.1. The summed E-state index contributed by atoms with van der Waals surface area (Å²) in [6.07, 6.45) is 0.144. The van der Waals surface area contributed by atoms with Crippen molar-refractivity contribution >= 4 is 12.0 Å². The Bertz CT molecular complexity index is 377. The zero-order chi connectivity index (χ0) is 10.0. The summed E-state index contributed by atoms with van der Waals surface area (Å²) in [5, 5.41) is 19.0. The molecule has 0 radical (unpaired) electrons. The van der Waals surface area contributed by atoms with Gasteiger partial charge >= 0.3 is 0 Å². The molecule has 13 heavy (non-hydrogen) atoms. The minimum atomic E-state index is -1.18. The molecule has 0 aliphatic carbocycles. The third-order valence-electron chi connectivity index (χ3n) is 1.42. The second-order valence-corrected chi connectivity index (χ2v) is 2.24. The molecule has 0 saturated heterocycles. The summed E-state index contributed by atoms with van der Waals surface area (Å²) >= 11 is 0. The number of hydrogen-bond acceptors (Lipinski definition) is 4. The quantitative estimate of drug-likeness (QED) is 0.427. The molecular formula is C7H4FNO4. The Hall–Kier alpha value is -1.98. The molecule has 6 heteroatoms. The lowest BCUT2D eigenvalue weighted by atomic mass is 10.2. The molecule has 0 aliphatic rings. The van der Waals surface area contributed by atoms with Gasteiger partial charge in [0.05, 0.1) is 16.6 Å². The second kappa shape index (κ2) is 3.18. The highest BCUT2D eigenvalue weighted by molar-refractivity contribution is 5.80. The predicted molar refractivity (Wildman–Crippen MR) is 40.1 cm³/mol. The molecule has 1 aromatic rings. The molecular weight excluding hydrogens is 181 g/mol. The van der Waals surface area contributed by atoms with E-state index in [1.54, 1.807) is 0 Å². The number of nitrogens with zero attached hydrogens (tertiary/aromatic N) is 1. The maximum absolute atomic E-state index is 12.7. The Morgan fingerprint density at radius 1 is 1.54 bits per heavy atom. The van der Waals surface area contributed by atoms with Crippen LogP contribution >= 0.6 is 0 Å². The Labute approximate surface area is 71.6 Å². The van der Waals surface area contributed by atoms with Gasteiger partial charge in [-0.05, 0) is 0 Å². The van der Waals surface area contributed by atoms with E-state index < -0.39 is 27.7 Å². The number of carbonyl (C=O) groups is 1. The van der Waals surface area contributed by atoms with Gasteiger partial charge in [0.2, 0.25) is 0 Å². The number of phenols is 1. The summed E-state index contributed by atoms with van der Waals surface area (Å²) in [4.78, 5) is 19.5. The molecule has 0 unspecified atom stereocenters. The monoisotopic (exact) mass is 185 g/mol. The fourth-order valence-electron chi connectivity index (χ4n) is 0.801. The Morgan fingerprint density at radius 2 is 2.15 bits per heavy atom. The number of halogens is 1. The number of rotatable bonds is 2. The molecule has 0 aliphatic heterocycles. The fraction of sp³-hybridized carbons (Fsp3) is 0. The summed E-state index contributed by atoms with van der Waals surface area (Å²) in [5.74, 6) is -2.06. The normalized spacial score (nSPS) is 9.62. The van der Waals surface area contributed by atoms with Crippen molar-refractivity contribution in [2.75, 3.05) is 0 Å². The van der Waals surface area contributed by atoms with Crippen LogP contribution in [-0.2, 0) is 0 Å². The topological polar surface area (TPSA) is 80.4 Å². The molecule has 1 aromatic carbocycles. The van der Waals surface area contributed by atoms with Gasteiger partial charge < -0.3 is 5.11 Å². The van der Waals surface area contributed by atoms with E-state index in [0.29, 0.717) is 6.07 Å². The van der Waals surface area contributed by atoms with Crippen molar-refractivity contribution in [3.05, 3.63) is 33.6 Å². The standard InChI is InChI=1S/C7H4FNO4/c8-6-2-5(9(12)13)1-4(3-10)7(6)11/h1-3,11H. The molecule has 0 amide bonds. The van der Waals surface area contributed by atoms with Crippen molar-refractivity contribution < 1.29 is 19.2 Å². The first kappa shape index (κ1) is 9.11. The van der Waals surface area contributed by atoms with Gasteiger partial charge in [0, 0.05) is 6.07 Å². The SMILES string of the molecule is O=Cc1cc([N+](=O)[O-])cc(F)c1O. The summed E-state index contributed by atoms with van der Waals surface area (Å²) in [7, 11) is 0. The van der Waals surface area contributed by atoms with E-state index in [1.165, 1.54) is 0 Å². The van der Waals surface area contributed by atoms with Gasteiger partial charge in [0.1, 0.15) is 0 Å².